The quantitative estimate of drug-likeness (QED) is 0.456. The van der Waals surface area contributed by atoms with Crippen molar-refractivity contribution in [1.82, 2.24) is 0 Å². The minimum atomic E-state index is 0.646. The van der Waals surface area contributed by atoms with Gasteiger partial charge in [-0.05, 0) is 19.2 Å². The number of nitrogens with two attached hydrogens (primary N) is 3. The van der Waals surface area contributed by atoms with Crippen molar-refractivity contribution in [3.8, 4) is 0 Å². The predicted octanol–water partition coefficient (Wildman–Crippen LogP) is 0.426. The number of hydrogen-bond acceptors (Lipinski definition) is 3. The van der Waals surface area contributed by atoms with E-state index >= 15 is 0 Å². The van der Waals surface area contributed by atoms with Gasteiger partial charge in [-0.3, -0.25) is 0 Å². The van der Waals surface area contributed by atoms with E-state index in [1.54, 1.807) is 12.1 Å². The lowest BCUT2D eigenvalue weighted by atomic mass is 10.3. The molecule has 0 unspecified atom stereocenters. The van der Waals surface area contributed by atoms with Crippen LogP contribution in [0.4, 0.5) is 11.4 Å². The van der Waals surface area contributed by atoms with Crippen molar-refractivity contribution in [2.24, 2.45) is 5.73 Å². The van der Waals surface area contributed by atoms with Gasteiger partial charge in [0, 0.05) is 0 Å². The molecule has 0 fully saturated rings. The Bertz CT molecular complexity index is 165. The van der Waals surface area contributed by atoms with Gasteiger partial charge < -0.3 is 17.2 Å². The molecule has 0 bridgehead atoms. The highest BCUT2D eigenvalue weighted by atomic mass is 14.7. The van der Waals surface area contributed by atoms with E-state index in [1.807, 2.05) is 12.1 Å². The zero-order valence-corrected chi connectivity index (χ0v) is 6.04. The van der Waals surface area contributed by atoms with E-state index in [-0.39, 0.29) is 0 Å². The van der Waals surface area contributed by atoms with Gasteiger partial charge in [0.15, 0.2) is 0 Å². The summed E-state index contributed by atoms with van der Waals surface area (Å²) in [4.78, 5) is 0. The fourth-order valence-electron chi connectivity index (χ4n) is 0.511. The second-order valence-electron chi connectivity index (χ2n) is 1.63. The van der Waals surface area contributed by atoms with E-state index in [9.17, 15) is 0 Å². The summed E-state index contributed by atoms with van der Waals surface area (Å²) in [7, 11) is 1.50. The number of nitrogen functional groups attached to an aromatic ring is 2. The van der Waals surface area contributed by atoms with E-state index < -0.39 is 0 Å². The first-order chi connectivity index (χ1) is 4.80. The summed E-state index contributed by atoms with van der Waals surface area (Å²) < 4.78 is 0. The Morgan fingerprint density at radius 2 is 1.20 bits per heavy atom. The Morgan fingerprint density at radius 1 is 0.900 bits per heavy atom. The summed E-state index contributed by atoms with van der Waals surface area (Å²) in [6, 6.07) is 7.25. The van der Waals surface area contributed by atoms with Crippen molar-refractivity contribution >= 4 is 11.4 Å². The molecule has 3 heteroatoms. The monoisotopic (exact) mass is 139 g/mol. The Hall–Kier alpha value is -1.22. The number of anilines is 2. The molecule has 0 saturated carbocycles. The summed E-state index contributed by atoms with van der Waals surface area (Å²) in [5.41, 5.74) is 16.6. The molecule has 6 N–H and O–H groups in total. The van der Waals surface area contributed by atoms with Crippen LogP contribution in [0.25, 0.3) is 0 Å². The lowest BCUT2D eigenvalue weighted by Crippen LogP contribution is -1.91. The van der Waals surface area contributed by atoms with E-state index in [0.717, 1.165) is 0 Å². The zero-order valence-electron chi connectivity index (χ0n) is 6.04. The van der Waals surface area contributed by atoms with Gasteiger partial charge in [-0.25, -0.2) is 0 Å². The van der Waals surface area contributed by atoms with E-state index in [1.165, 1.54) is 7.05 Å². The molecule has 0 spiro atoms. The average molecular weight is 139 g/mol. The molecule has 0 heterocycles. The summed E-state index contributed by atoms with van der Waals surface area (Å²) in [6.07, 6.45) is 0. The second-order valence-corrected chi connectivity index (χ2v) is 1.63. The average Bonchev–Trinajstić information content (AvgIpc) is 2.00. The van der Waals surface area contributed by atoms with Crippen molar-refractivity contribution in [3.63, 3.8) is 0 Å². The van der Waals surface area contributed by atoms with Crippen LogP contribution >= 0.6 is 0 Å². The van der Waals surface area contributed by atoms with Crippen LogP contribution < -0.4 is 17.2 Å². The molecule has 0 amide bonds. The lowest BCUT2D eigenvalue weighted by molar-refractivity contribution is 1.48. The molecular weight excluding hydrogens is 126 g/mol. The van der Waals surface area contributed by atoms with Crippen LogP contribution in [0.1, 0.15) is 0 Å². The standard InChI is InChI=1S/C6H8N2.CH5N/c7-5-3-1-2-4-6(5)8;1-2/h1-4H,7-8H2;2H2,1H3. The van der Waals surface area contributed by atoms with Gasteiger partial charge >= 0.3 is 0 Å². The largest absolute Gasteiger partial charge is 0.397 e. The van der Waals surface area contributed by atoms with Crippen molar-refractivity contribution in [2.75, 3.05) is 18.5 Å². The van der Waals surface area contributed by atoms with Gasteiger partial charge in [0.1, 0.15) is 0 Å². The SMILES string of the molecule is CN.Nc1ccccc1N. The third-order valence-corrected chi connectivity index (χ3v) is 0.996. The van der Waals surface area contributed by atoms with Crippen LogP contribution in [-0.4, -0.2) is 7.05 Å². The van der Waals surface area contributed by atoms with Crippen LogP contribution in [-0.2, 0) is 0 Å². The normalized spacial score (nSPS) is 7.80. The first-order valence-electron chi connectivity index (χ1n) is 2.98. The van der Waals surface area contributed by atoms with E-state index in [2.05, 4.69) is 5.73 Å². The second kappa shape index (κ2) is 4.64. The third kappa shape index (κ3) is 2.37. The van der Waals surface area contributed by atoms with Crippen molar-refractivity contribution in [1.29, 1.82) is 0 Å². The van der Waals surface area contributed by atoms with Crippen molar-refractivity contribution < 1.29 is 0 Å². The zero-order chi connectivity index (χ0) is 7.98. The molecule has 1 rings (SSSR count). The fourth-order valence-corrected chi connectivity index (χ4v) is 0.511. The molecule has 56 valence electrons. The maximum Gasteiger partial charge on any atom is 0.0547 e. The Kier molecular flexibility index (Phi) is 4.07. The van der Waals surface area contributed by atoms with Gasteiger partial charge in [0.25, 0.3) is 0 Å². The fraction of sp³-hybridized carbons (Fsp3) is 0.143. The molecule has 0 aliphatic rings. The molecule has 0 saturated heterocycles. The highest BCUT2D eigenvalue weighted by Crippen LogP contribution is 2.10. The molecule has 10 heavy (non-hydrogen) atoms. The number of rotatable bonds is 0. The molecule has 0 aromatic heterocycles. The highest BCUT2D eigenvalue weighted by molar-refractivity contribution is 5.62. The van der Waals surface area contributed by atoms with Crippen LogP contribution in [0.15, 0.2) is 24.3 Å². The smallest absolute Gasteiger partial charge is 0.0547 e. The van der Waals surface area contributed by atoms with Gasteiger partial charge in [-0.2, -0.15) is 0 Å². The van der Waals surface area contributed by atoms with Gasteiger partial charge in [-0.15, -0.1) is 0 Å². The maximum absolute atomic E-state index is 5.39. The van der Waals surface area contributed by atoms with Crippen LogP contribution in [0, 0.1) is 0 Å². The van der Waals surface area contributed by atoms with Gasteiger partial charge in [0.05, 0.1) is 11.4 Å². The summed E-state index contributed by atoms with van der Waals surface area (Å²) in [6.45, 7) is 0. The number of para-hydroxylation sites is 2. The van der Waals surface area contributed by atoms with E-state index in [4.69, 9.17) is 11.5 Å². The molecule has 1 aromatic rings. The molecule has 1 aromatic carbocycles. The molecule has 0 aliphatic heterocycles. The van der Waals surface area contributed by atoms with Crippen molar-refractivity contribution in [3.05, 3.63) is 24.3 Å². The first kappa shape index (κ1) is 8.78. The van der Waals surface area contributed by atoms with E-state index in [0.29, 0.717) is 11.4 Å². The van der Waals surface area contributed by atoms with Crippen LogP contribution in [0.3, 0.4) is 0 Å². The minimum Gasteiger partial charge on any atom is -0.397 e. The molecule has 0 atom stereocenters. The third-order valence-electron chi connectivity index (χ3n) is 0.996. The maximum atomic E-state index is 5.39. The topological polar surface area (TPSA) is 78.1 Å². The Balaban J connectivity index is 0.000000371. The lowest BCUT2D eigenvalue weighted by Gasteiger charge is -1.94. The molecular formula is C7H13N3. The summed E-state index contributed by atoms with van der Waals surface area (Å²) >= 11 is 0. The molecule has 3 nitrogen and oxygen atoms in total. The Labute approximate surface area is 60.8 Å². The van der Waals surface area contributed by atoms with Crippen LogP contribution in [0.2, 0.25) is 0 Å². The summed E-state index contributed by atoms with van der Waals surface area (Å²) in [5, 5.41) is 0. The van der Waals surface area contributed by atoms with Crippen molar-refractivity contribution in [2.45, 2.75) is 0 Å². The predicted molar refractivity (Wildman–Crippen MR) is 45.4 cm³/mol. The minimum absolute atomic E-state index is 0.646. The summed E-state index contributed by atoms with van der Waals surface area (Å²) in [5.74, 6) is 0. The molecule has 0 aliphatic carbocycles. The molecule has 0 radical (unpaired) electrons. The first-order valence-corrected chi connectivity index (χ1v) is 2.98. The number of benzene rings is 1. The van der Waals surface area contributed by atoms with Gasteiger partial charge in [0.2, 0.25) is 0 Å². The Morgan fingerprint density at radius 3 is 1.40 bits per heavy atom. The van der Waals surface area contributed by atoms with Gasteiger partial charge in [-0.1, -0.05) is 12.1 Å². The number of hydrogen-bond donors (Lipinski definition) is 3. The van der Waals surface area contributed by atoms with Crippen LogP contribution in [0.5, 0.6) is 0 Å². The highest BCUT2D eigenvalue weighted by Gasteiger charge is 1.85.